The van der Waals surface area contributed by atoms with Crippen LogP contribution in [0, 0.1) is 0 Å². The third-order valence-corrected chi connectivity index (χ3v) is 4.02. The number of hydrogen-bond donors (Lipinski definition) is 1. The van der Waals surface area contributed by atoms with Crippen LogP contribution in [-0.4, -0.2) is 20.8 Å². The maximum atomic E-state index is 12.6. The molecule has 7 nitrogen and oxygen atoms in total. The summed E-state index contributed by atoms with van der Waals surface area (Å²) in [5.41, 5.74) is 0.395. The van der Waals surface area contributed by atoms with Crippen molar-refractivity contribution in [2.75, 3.05) is 5.32 Å². The average molecular weight is 402 g/mol. The first-order valence-electron chi connectivity index (χ1n) is 8.39. The summed E-state index contributed by atoms with van der Waals surface area (Å²) in [5, 5.41) is 10.4. The highest BCUT2D eigenvalue weighted by Gasteiger charge is 2.29. The minimum absolute atomic E-state index is 0.0619. The third-order valence-electron chi connectivity index (χ3n) is 4.02. The normalized spacial score (nSPS) is 11.6. The number of carbonyl (C=O) groups is 1. The zero-order valence-corrected chi connectivity index (χ0v) is 14.7. The lowest BCUT2D eigenvalue weighted by atomic mass is 10.1. The number of furan rings is 1. The van der Waals surface area contributed by atoms with Gasteiger partial charge in [-0.2, -0.15) is 18.3 Å². The second-order valence-electron chi connectivity index (χ2n) is 6.13. The van der Waals surface area contributed by atoms with E-state index in [4.69, 9.17) is 8.94 Å². The van der Waals surface area contributed by atoms with Gasteiger partial charge in [-0.25, -0.2) is 0 Å². The maximum Gasteiger partial charge on any atom is 0.416 e. The van der Waals surface area contributed by atoms with Crippen molar-refractivity contribution in [2.24, 2.45) is 0 Å². The fourth-order valence-corrected chi connectivity index (χ4v) is 2.61. The van der Waals surface area contributed by atoms with Crippen LogP contribution in [0.15, 0.2) is 70.1 Å². The van der Waals surface area contributed by atoms with E-state index in [9.17, 15) is 18.0 Å². The van der Waals surface area contributed by atoms with E-state index >= 15 is 0 Å². The summed E-state index contributed by atoms with van der Waals surface area (Å²) in [4.78, 5) is 12.3. The van der Waals surface area contributed by atoms with Crippen molar-refractivity contribution < 1.29 is 26.9 Å². The van der Waals surface area contributed by atoms with Gasteiger partial charge in [-0.15, -0.1) is 0 Å². The number of nitrogens with zero attached hydrogens (tertiary/aromatic N) is 3. The lowest BCUT2D eigenvalue weighted by Crippen LogP contribution is -2.11. The number of carbonyl (C=O) groups excluding carboxylic acids is 1. The second-order valence-corrected chi connectivity index (χ2v) is 6.13. The largest absolute Gasteiger partial charge is 0.461 e. The Morgan fingerprint density at radius 2 is 1.93 bits per heavy atom. The number of alkyl halides is 3. The highest BCUT2D eigenvalue weighted by molar-refractivity contribution is 6.03. The minimum atomic E-state index is -4.38. The Labute approximate surface area is 161 Å². The molecule has 0 aliphatic carbocycles. The molecule has 0 saturated carbocycles. The van der Waals surface area contributed by atoms with Gasteiger partial charge in [0, 0.05) is 12.3 Å². The summed E-state index contributed by atoms with van der Waals surface area (Å²) >= 11 is 0. The fourth-order valence-electron chi connectivity index (χ4n) is 2.61. The van der Waals surface area contributed by atoms with Gasteiger partial charge in [0.25, 0.3) is 5.91 Å². The maximum absolute atomic E-state index is 12.6. The highest BCUT2D eigenvalue weighted by atomic mass is 19.4. The van der Waals surface area contributed by atoms with Gasteiger partial charge in [0.15, 0.2) is 11.5 Å². The fraction of sp³-hybridized carbons (Fsp3) is 0.105. The number of benzene rings is 1. The van der Waals surface area contributed by atoms with Gasteiger partial charge in [-0.3, -0.25) is 9.48 Å². The monoisotopic (exact) mass is 402 g/mol. The van der Waals surface area contributed by atoms with Gasteiger partial charge in [0.05, 0.1) is 30.3 Å². The van der Waals surface area contributed by atoms with Crippen molar-refractivity contribution in [1.29, 1.82) is 0 Å². The molecule has 0 bridgehead atoms. The number of nitrogens with one attached hydrogen (secondary N) is 1. The Bertz CT molecular complexity index is 1110. The zero-order valence-electron chi connectivity index (χ0n) is 14.7. The molecule has 148 valence electrons. The SMILES string of the molecule is O=C(Nc1cnn(Cc2ccc(C(F)(F)F)cc2)c1)c1cc(-c2ccco2)on1. The van der Waals surface area contributed by atoms with Crippen LogP contribution in [0.3, 0.4) is 0 Å². The number of amides is 1. The van der Waals surface area contributed by atoms with Crippen LogP contribution in [0.1, 0.15) is 21.6 Å². The zero-order chi connectivity index (χ0) is 20.4. The Morgan fingerprint density at radius 3 is 2.62 bits per heavy atom. The molecule has 3 heterocycles. The van der Waals surface area contributed by atoms with Crippen molar-refractivity contribution >= 4 is 11.6 Å². The number of hydrogen-bond acceptors (Lipinski definition) is 5. The number of halogens is 3. The molecule has 0 atom stereocenters. The van der Waals surface area contributed by atoms with Crippen LogP contribution >= 0.6 is 0 Å². The van der Waals surface area contributed by atoms with E-state index in [2.05, 4.69) is 15.6 Å². The summed E-state index contributed by atoms with van der Waals surface area (Å²) in [6, 6.07) is 9.60. The van der Waals surface area contributed by atoms with E-state index in [-0.39, 0.29) is 12.2 Å². The first-order valence-corrected chi connectivity index (χ1v) is 8.39. The molecule has 1 amide bonds. The summed E-state index contributed by atoms with van der Waals surface area (Å²) in [6.45, 7) is 0.251. The van der Waals surface area contributed by atoms with Crippen molar-refractivity contribution in [3.05, 3.63) is 77.9 Å². The molecule has 0 aliphatic heterocycles. The van der Waals surface area contributed by atoms with Crippen LogP contribution < -0.4 is 5.32 Å². The van der Waals surface area contributed by atoms with E-state index in [1.807, 2.05) is 0 Å². The first kappa shape index (κ1) is 18.5. The van der Waals surface area contributed by atoms with E-state index in [1.54, 1.807) is 18.3 Å². The van der Waals surface area contributed by atoms with Crippen LogP contribution in [-0.2, 0) is 12.7 Å². The van der Waals surface area contributed by atoms with Crippen molar-refractivity contribution in [1.82, 2.24) is 14.9 Å². The Kier molecular flexibility index (Phi) is 4.67. The van der Waals surface area contributed by atoms with Crippen molar-refractivity contribution in [2.45, 2.75) is 12.7 Å². The number of aromatic nitrogens is 3. The Hall–Kier alpha value is -3.82. The van der Waals surface area contributed by atoms with Gasteiger partial charge in [0.1, 0.15) is 0 Å². The highest BCUT2D eigenvalue weighted by Crippen LogP contribution is 2.29. The predicted octanol–water partition coefficient (Wildman–Crippen LogP) is 4.45. The Balaban J connectivity index is 1.39. The number of rotatable bonds is 5. The summed E-state index contributed by atoms with van der Waals surface area (Å²) in [5.74, 6) is 0.264. The first-order chi connectivity index (χ1) is 13.9. The Morgan fingerprint density at radius 1 is 1.14 bits per heavy atom. The molecule has 4 aromatic rings. The van der Waals surface area contributed by atoms with E-state index in [0.29, 0.717) is 22.8 Å². The smallest absolute Gasteiger partial charge is 0.416 e. The molecule has 3 aromatic heterocycles. The summed E-state index contributed by atoms with van der Waals surface area (Å²) in [6.07, 6.45) is 0.0842. The standard InChI is InChI=1S/C19H13F3N4O3/c20-19(21,22)13-5-3-12(4-6-13)10-26-11-14(9-23-26)24-18(27)15-8-17(29-25-15)16-2-1-7-28-16/h1-9,11H,10H2,(H,24,27). The van der Waals surface area contributed by atoms with Crippen LogP contribution in [0.2, 0.25) is 0 Å². The molecule has 10 heteroatoms. The summed E-state index contributed by atoms with van der Waals surface area (Å²) in [7, 11) is 0. The average Bonchev–Trinajstić information content (AvgIpc) is 3.43. The predicted molar refractivity (Wildman–Crippen MR) is 94.9 cm³/mol. The molecule has 0 saturated heterocycles. The summed E-state index contributed by atoms with van der Waals surface area (Å²) < 4.78 is 49.6. The van der Waals surface area contributed by atoms with Crippen LogP contribution in [0.5, 0.6) is 0 Å². The van der Waals surface area contributed by atoms with E-state index in [0.717, 1.165) is 12.1 Å². The lowest BCUT2D eigenvalue weighted by molar-refractivity contribution is -0.137. The minimum Gasteiger partial charge on any atom is -0.461 e. The third kappa shape index (κ3) is 4.21. The van der Waals surface area contributed by atoms with Gasteiger partial charge < -0.3 is 14.3 Å². The molecule has 0 radical (unpaired) electrons. The molecule has 0 aliphatic rings. The van der Waals surface area contributed by atoms with Gasteiger partial charge in [0.2, 0.25) is 5.76 Å². The molecule has 1 aromatic carbocycles. The molecule has 0 spiro atoms. The molecule has 29 heavy (non-hydrogen) atoms. The van der Waals surface area contributed by atoms with Gasteiger partial charge in [-0.1, -0.05) is 17.3 Å². The van der Waals surface area contributed by atoms with Gasteiger partial charge >= 0.3 is 6.18 Å². The van der Waals surface area contributed by atoms with E-state index < -0.39 is 17.6 Å². The molecular formula is C19H13F3N4O3. The lowest BCUT2D eigenvalue weighted by Gasteiger charge is -2.07. The quantitative estimate of drug-likeness (QED) is 0.533. The number of anilines is 1. The van der Waals surface area contributed by atoms with Crippen LogP contribution in [0.4, 0.5) is 18.9 Å². The molecule has 4 rings (SSSR count). The van der Waals surface area contributed by atoms with Crippen molar-refractivity contribution in [3.8, 4) is 11.5 Å². The molecule has 0 fully saturated rings. The molecule has 0 unspecified atom stereocenters. The van der Waals surface area contributed by atoms with Crippen molar-refractivity contribution in [3.63, 3.8) is 0 Å². The van der Waals surface area contributed by atoms with Crippen LogP contribution in [0.25, 0.3) is 11.5 Å². The van der Waals surface area contributed by atoms with E-state index in [1.165, 1.54) is 35.3 Å². The topological polar surface area (TPSA) is 86.1 Å². The van der Waals surface area contributed by atoms with Gasteiger partial charge in [-0.05, 0) is 29.8 Å². The molecule has 1 N–H and O–H groups in total. The second kappa shape index (κ2) is 7.30. The molecular weight excluding hydrogens is 389 g/mol.